The van der Waals surface area contributed by atoms with Crippen LogP contribution in [0.2, 0.25) is 0 Å². The highest BCUT2D eigenvalue weighted by Crippen LogP contribution is 2.38. The van der Waals surface area contributed by atoms with Crippen molar-refractivity contribution < 1.29 is 9.53 Å². The van der Waals surface area contributed by atoms with Crippen LogP contribution in [0.3, 0.4) is 0 Å². The van der Waals surface area contributed by atoms with Gasteiger partial charge in [0.15, 0.2) is 0 Å². The lowest BCUT2D eigenvalue weighted by Crippen LogP contribution is -2.38. The molecule has 4 rings (SSSR count). The molecule has 0 N–H and O–H groups in total. The zero-order valence-corrected chi connectivity index (χ0v) is 14.5. The third kappa shape index (κ3) is 3.84. The van der Waals surface area contributed by atoms with E-state index in [1.165, 1.54) is 17.7 Å². The third-order valence-electron chi connectivity index (χ3n) is 4.58. The maximum atomic E-state index is 12.8. The first kappa shape index (κ1) is 15.8. The minimum atomic E-state index is 0.0751. The van der Waals surface area contributed by atoms with Gasteiger partial charge in [0.25, 0.3) is 0 Å². The van der Waals surface area contributed by atoms with Gasteiger partial charge >= 0.3 is 0 Å². The summed E-state index contributed by atoms with van der Waals surface area (Å²) < 4.78 is 7.40. The molecule has 1 aliphatic carbocycles. The van der Waals surface area contributed by atoms with Gasteiger partial charge in [0.05, 0.1) is 18.3 Å². The Morgan fingerprint density at radius 3 is 3.04 bits per heavy atom. The summed E-state index contributed by atoms with van der Waals surface area (Å²) in [6.07, 6.45) is 6.58. The Hall–Kier alpha value is -1.73. The lowest BCUT2D eigenvalue weighted by atomic mass is 10.2. The first-order chi connectivity index (χ1) is 11.8. The van der Waals surface area contributed by atoms with Gasteiger partial charge in [-0.1, -0.05) is 11.3 Å². The van der Waals surface area contributed by atoms with E-state index in [0.29, 0.717) is 19.0 Å². The molecule has 1 atom stereocenters. The van der Waals surface area contributed by atoms with Crippen molar-refractivity contribution in [3.05, 3.63) is 34.3 Å². The van der Waals surface area contributed by atoms with Crippen LogP contribution < -0.4 is 0 Å². The normalized spacial score (nSPS) is 20.4. The molecule has 1 aliphatic heterocycles. The molecule has 0 spiro atoms. The fraction of sp³-hybridized carbons (Fsp3) is 0.588. The van der Waals surface area contributed by atoms with Crippen LogP contribution in [0, 0.1) is 0 Å². The molecular weight excluding hydrogens is 324 g/mol. The maximum Gasteiger partial charge on any atom is 0.244 e. The topological polar surface area (TPSA) is 60.2 Å². The summed E-state index contributed by atoms with van der Waals surface area (Å²) in [7, 11) is 0. The minimum Gasteiger partial charge on any atom is -0.376 e. The van der Waals surface area contributed by atoms with Crippen molar-refractivity contribution in [3.63, 3.8) is 0 Å². The molecule has 0 radical (unpaired) electrons. The Morgan fingerprint density at radius 1 is 1.42 bits per heavy atom. The maximum absolute atomic E-state index is 12.8. The second-order valence-corrected chi connectivity index (χ2v) is 7.64. The zero-order valence-electron chi connectivity index (χ0n) is 13.6. The average Bonchev–Trinajstić information content (AvgIpc) is 3.01. The van der Waals surface area contributed by atoms with E-state index in [1.54, 1.807) is 16.0 Å². The zero-order chi connectivity index (χ0) is 16.4. The number of aromatic nitrogens is 3. The van der Waals surface area contributed by atoms with Crippen LogP contribution in [-0.4, -0.2) is 45.1 Å². The van der Waals surface area contributed by atoms with E-state index in [1.807, 2.05) is 22.5 Å². The first-order valence-corrected chi connectivity index (χ1v) is 9.47. The highest BCUT2D eigenvalue weighted by Gasteiger charge is 2.27. The number of thiophene rings is 1. The van der Waals surface area contributed by atoms with Crippen molar-refractivity contribution in [2.24, 2.45) is 0 Å². The van der Waals surface area contributed by atoms with Gasteiger partial charge in [0.1, 0.15) is 6.54 Å². The van der Waals surface area contributed by atoms with Crippen molar-refractivity contribution in [3.8, 4) is 0 Å². The molecule has 0 unspecified atom stereocenters. The molecule has 6 nitrogen and oxygen atoms in total. The van der Waals surface area contributed by atoms with Gasteiger partial charge in [-0.3, -0.25) is 4.79 Å². The monoisotopic (exact) mass is 346 g/mol. The molecular formula is C17H22N4O2S. The lowest BCUT2D eigenvalue weighted by Gasteiger charge is -2.25. The minimum absolute atomic E-state index is 0.0751. The first-order valence-electron chi connectivity index (χ1n) is 8.60. The van der Waals surface area contributed by atoms with E-state index >= 15 is 0 Å². The Kier molecular flexibility index (Phi) is 4.62. The summed E-state index contributed by atoms with van der Waals surface area (Å²) in [4.78, 5) is 15.9. The Morgan fingerprint density at radius 2 is 2.33 bits per heavy atom. The van der Waals surface area contributed by atoms with Crippen LogP contribution in [0.15, 0.2) is 23.7 Å². The van der Waals surface area contributed by atoms with Crippen molar-refractivity contribution >= 4 is 17.2 Å². The van der Waals surface area contributed by atoms with E-state index < -0.39 is 0 Å². The molecule has 1 saturated carbocycles. The van der Waals surface area contributed by atoms with Gasteiger partial charge in [0, 0.05) is 30.1 Å². The third-order valence-corrected chi connectivity index (χ3v) is 5.44. The quantitative estimate of drug-likeness (QED) is 0.772. The SMILES string of the molecule is O=C(Cn1cc(C2CC2)nn1)N(Cc1cccs1)C[C@@H]1CCCO1. The summed E-state index contributed by atoms with van der Waals surface area (Å²) in [5.41, 5.74) is 1.02. The van der Waals surface area contributed by atoms with Gasteiger partial charge in [-0.05, 0) is 37.1 Å². The summed E-state index contributed by atoms with van der Waals surface area (Å²) in [5, 5.41) is 10.4. The Labute approximate surface area is 145 Å². The number of hydrogen-bond donors (Lipinski definition) is 0. The van der Waals surface area contributed by atoms with Crippen LogP contribution in [0.5, 0.6) is 0 Å². The molecule has 2 fully saturated rings. The van der Waals surface area contributed by atoms with Crippen LogP contribution in [0.4, 0.5) is 0 Å². The highest BCUT2D eigenvalue weighted by molar-refractivity contribution is 7.09. The lowest BCUT2D eigenvalue weighted by molar-refractivity contribution is -0.134. The Balaban J connectivity index is 1.42. The summed E-state index contributed by atoms with van der Waals surface area (Å²) >= 11 is 1.68. The molecule has 0 aromatic carbocycles. The molecule has 0 bridgehead atoms. The van der Waals surface area contributed by atoms with E-state index in [2.05, 4.69) is 16.4 Å². The van der Waals surface area contributed by atoms with Gasteiger partial charge in [-0.2, -0.15) is 0 Å². The fourth-order valence-electron chi connectivity index (χ4n) is 3.07. The van der Waals surface area contributed by atoms with Crippen LogP contribution in [0.1, 0.15) is 42.2 Å². The van der Waals surface area contributed by atoms with Crippen molar-refractivity contribution in [1.29, 1.82) is 0 Å². The number of carbonyl (C=O) groups excluding carboxylic acids is 1. The van der Waals surface area contributed by atoms with E-state index in [0.717, 1.165) is 25.1 Å². The highest BCUT2D eigenvalue weighted by atomic mass is 32.1. The summed E-state index contributed by atoms with van der Waals surface area (Å²) in [6.45, 7) is 2.35. The van der Waals surface area contributed by atoms with E-state index in [4.69, 9.17) is 4.74 Å². The molecule has 2 aromatic rings. The summed E-state index contributed by atoms with van der Waals surface area (Å²) in [6, 6.07) is 4.09. The number of carbonyl (C=O) groups is 1. The largest absolute Gasteiger partial charge is 0.376 e. The van der Waals surface area contributed by atoms with Gasteiger partial charge in [-0.15, -0.1) is 16.4 Å². The molecule has 24 heavy (non-hydrogen) atoms. The number of nitrogens with zero attached hydrogens (tertiary/aromatic N) is 4. The average molecular weight is 346 g/mol. The number of rotatable bonds is 7. The van der Waals surface area contributed by atoms with E-state index in [-0.39, 0.29) is 18.6 Å². The number of hydrogen-bond acceptors (Lipinski definition) is 5. The van der Waals surface area contributed by atoms with E-state index in [9.17, 15) is 4.79 Å². The second-order valence-electron chi connectivity index (χ2n) is 6.60. The molecule has 1 amide bonds. The van der Waals surface area contributed by atoms with Crippen LogP contribution >= 0.6 is 11.3 Å². The predicted octanol–water partition coefficient (Wildman–Crippen LogP) is 2.42. The van der Waals surface area contributed by atoms with Crippen molar-refractivity contribution in [2.75, 3.05) is 13.2 Å². The molecule has 1 saturated heterocycles. The standard InChI is InChI=1S/C17H22N4O2S/c22-17(12-21-11-16(18-19-21)13-5-6-13)20(9-14-3-1-7-23-14)10-15-4-2-8-24-15/h2,4,8,11,13-14H,1,3,5-7,9-10,12H2/t14-/m0/s1. The van der Waals surface area contributed by atoms with Gasteiger partial charge in [0.2, 0.25) is 5.91 Å². The predicted molar refractivity (Wildman–Crippen MR) is 90.7 cm³/mol. The molecule has 2 aliphatic rings. The number of ether oxygens (including phenoxy) is 1. The van der Waals surface area contributed by atoms with Gasteiger partial charge in [-0.25, -0.2) is 4.68 Å². The molecule has 2 aromatic heterocycles. The molecule has 7 heteroatoms. The van der Waals surface area contributed by atoms with Crippen LogP contribution in [0.25, 0.3) is 0 Å². The second kappa shape index (κ2) is 7.03. The number of amides is 1. The Bertz CT molecular complexity index is 675. The van der Waals surface area contributed by atoms with Crippen molar-refractivity contribution in [1.82, 2.24) is 19.9 Å². The van der Waals surface area contributed by atoms with Gasteiger partial charge < -0.3 is 9.64 Å². The smallest absolute Gasteiger partial charge is 0.244 e. The summed E-state index contributed by atoms with van der Waals surface area (Å²) in [5.74, 6) is 0.633. The molecule has 3 heterocycles. The van der Waals surface area contributed by atoms with Crippen molar-refractivity contribution in [2.45, 2.75) is 50.8 Å². The van der Waals surface area contributed by atoms with Crippen LogP contribution in [-0.2, 0) is 22.6 Å². The fourth-order valence-corrected chi connectivity index (χ4v) is 3.79. The molecule has 128 valence electrons.